The molecule has 27 heavy (non-hydrogen) atoms. The van der Waals surface area contributed by atoms with Crippen LogP contribution in [0.2, 0.25) is 0 Å². The van der Waals surface area contributed by atoms with Gasteiger partial charge in [0.15, 0.2) is 17.5 Å². The van der Waals surface area contributed by atoms with Gasteiger partial charge in [-0.3, -0.25) is 0 Å². The number of nitrogens with one attached hydrogen (secondary N) is 1. The Labute approximate surface area is 182 Å². The standard InChI is InChI=1S/C20H27N3O2S.HI/c1-3-21-20(23(2)10-9-17-6-4-13-26-17)22-15-16-7-8-18-19(14-16)25-12-5-11-24-18;/h4,6-8,13-14H,3,5,9-12,15H2,1-2H3,(H,21,22);1H. The largest absolute Gasteiger partial charge is 0.490 e. The molecule has 1 aromatic heterocycles. The molecular formula is C20H28IN3O2S. The number of ether oxygens (including phenoxy) is 2. The molecule has 0 unspecified atom stereocenters. The molecule has 0 bridgehead atoms. The maximum Gasteiger partial charge on any atom is 0.193 e. The number of likely N-dealkylation sites (N-methyl/N-ethyl adjacent to an activating group) is 1. The molecule has 0 saturated carbocycles. The molecule has 0 spiro atoms. The highest BCUT2D eigenvalue weighted by molar-refractivity contribution is 14.0. The number of hydrogen-bond donors (Lipinski definition) is 1. The third-order valence-corrected chi connectivity index (χ3v) is 5.13. The van der Waals surface area contributed by atoms with Crippen LogP contribution in [-0.2, 0) is 13.0 Å². The van der Waals surface area contributed by atoms with Crippen LogP contribution < -0.4 is 14.8 Å². The quantitative estimate of drug-likeness (QED) is 0.367. The van der Waals surface area contributed by atoms with Gasteiger partial charge in [0.25, 0.3) is 0 Å². The van der Waals surface area contributed by atoms with Crippen LogP contribution in [0.15, 0.2) is 40.7 Å². The van der Waals surface area contributed by atoms with E-state index in [0.29, 0.717) is 19.8 Å². The lowest BCUT2D eigenvalue weighted by atomic mass is 10.2. The molecule has 0 aliphatic carbocycles. The van der Waals surface area contributed by atoms with Gasteiger partial charge in [-0.05, 0) is 42.5 Å². The molecule has 7 heteroatoms. The van der Waals surface area contributed by atoms with Crippen molar-refractivity contribution >= 4 is 41.3 Å². The summed E-state index contributed by atoms with van der Waals surface area (Å²) >= 11 is 1.80. The van der Waals surface area contributed by atoms with Crippen LogP contribution in [0.25, 0.3) is 0 Å². The second-order valence-corrected chi connectivity index (χ2v) is 7.28. The minimum atomic E-state index is 0. The first-order valence-electron chi connectivity index (χ1n) is 9.16. The Balaban J connectivity index is 0.00000261. The lowest BCUT2D eigenvalue weighted by Gasteiger charge is -2.22. The van der Waals surface area contributed by atoms with Crippen LogP contribution in [0, 0.1) is 0 Å². The van der Waals surface area contributed by atoms with E-state index in [4.69, 9.17) is 14.5 Å². The highest BCUT2D eigenvalue weighted by Gasteiger charge is 2.11. The van der Waals surface area contributed by atoms with Crippen molar-refractivity contribution in [3.8, 4) is 11.5 Å². The third kappa shape index (κ3) is 6.57. The Morgan fingerprint density at radius 1 is 1.22 bits per heavy atom. The highest BCUT2D eigenvalue weighted by Crippen LogP contribution is 2.30. The third-order valence-electron chi connectivity index (χ3n) is 4.19. The van der Waals surface area contributed by atoms with Crippen LogP contribution in [0.4, 0.5) is 0 Å². The first kappa shape index (κ1) is 21.8. The SMILES string of the molecule is CCNC(=NCc1ccc2c(c1)OCCCO2)N(C)CCc1cccs1.I. The Hall–Kier alpha value is -1.48. The van der Waals surface area contributed by atoms with E-state index in [9.17, 15) is 0 Å². The second kappa shape index (κ2) is 11.4. The molecule has 5 nitrogen and oxygen atoms in total. The summed E-state index contributed by atoms with van der Waals surface area (Å²) in [4.78, 5) is 8.38. The van der Waals surface area contributed by atoms with E-state index in [-0.39, 0.29) is 24.0 Å². The maximum atomic E-state index is 5.77. The summed E-state index contributed by atoms with van der Waals surface area (Å²) in [6.07, 6.45) is 1.95. The van der Waals surface area contributed by atoms with Crippen molar-refractivity contribution in [3.05, 3.63) is 46.2 Å². The number of benzene rings is 1. The monoisotopic (exact) mass is 501 g/mol. The van der Waals surface area contributed by atoms with Crippen molar-refractivity contribution in [3.63, 3.8) is 0 Å². The number of hydrogen-bond acceptors (Lipinski definition) is 4. The summed E-state index contributed by atoms with van der Waals surface area (Å²) in [7, 11) is 2.09. The van der Waals surface area contributed by atoms with Crippen molar-refractivity contribution in [2.75, 3.05) is 33.4 Å². The number of aliphatic imine (C=N–C) groups is 1. The van der Waals surface area contributed by atoms with Gasteiger partial charge in [0.1, 0.15) is 0 Å². The number of guanidine groups is 1. The van der Waals surface area contributed by atoms with E-state index in [0.717, 1.165) is 49.0 Å². The fraction of sp³-hybridized carbons (Fsp3) is 0.450. The predicted octanol–water partition coefficient (Wildman–Crippen LogP) is 4.17. The van der Waals surface area contributed by atoms with Gasteiger partial charge in [-0.2, -0.15) is 0 Å². The smallest absolute Gasteiger partial charge is 0.193 e. The molecule has 1 N–H and O–H groups in total. The number of rotatable bonds is 6. The van der Waals surface area contributed by atoms with Crippen molar-refractivity contribution in [2.24, 2.45) is 4.99 Å². The van der Waals surface area contributed by atoms with Gasteiger partial charge < -0.3 is 19.7 Å². The van der Waals surface area contributed by atoms with Crippen molar-refractivity contribution in [1.29, 1.82) is 0 Å². The zero-order valence-electron chi connectivity index (χ0n) is 15.9. The number of fused-ring (bicyclic) bond motifs is 1. The topological polar surface area (TPSA) is 46.1 Å². The van der Waals surface area contributed by atoms with Gasteiger partial charge in [-0.15, -0.1) is 35.3 Å². The zero-order chi connectivity index (χ0) is 18.2. The fourth-order valence-corrected chi connectivity index (χ4v) is 3.48. The first-order chi connectivity index (χ1) is 12.8. The van der Waals surface area contributed by atoms with E-state index in [1.165, 1.54) is 4.88 Å². The summed E-state index contributed by atoms with van der Waals surface area (Å²) in [5, 5.41) is 5.50. The van der Waals surface area contributed by atoms with Gasteiger partial charge in [0.05, 0.1) is 19.8 Å². The molecule has 148 valence electrons. The summed E-state index contributed by atoms with van der Waals surface area (Å²) < 4.78 is 11.5. The first-order valence-corrected chi connectivity index (χ1v) is 10.0. The number of halogens is 1. The van der Waals surface area contributed by atoms with Crippen LogP contribution in [0.1, 0.15) is 23.8 Å². The van der Waals surface area contributed by atoms with Crippen molar-refractivity contribution < 1.29 is 9.47 Å². The predicted molar refractivity (Wildman–Crippen MR) is 123 cm³/mol. The minimum Gasteiger partial charge on any atom is -0.490 e. The molecule has 1 aromatic carbocycles. The van der Waals surface area contributed by atoms with Crippen LogP contribution in [0.5, 0.6) is 11.5 Å². The molecule has 0 amide bonds. The average Bonchev–Trinajstić information content (AvgIpc) is 3.07. The Kier molecular flexibility index (Phi) is 9.20. The van der Waals surface area contributed by atoms with Crippen molar-refractivity contribution in [1.82, 2.24) is 10.2 Å². The number of nitrogens with zero attached hydrogens (tertiary/aromatic N) is 2. The molecule has 3 rings (SSSR count). The normalized spacial score (nSPS) is 13.5. The van der Waals surface area contributed by atoms with Crippen LogP contribution in [-0.4, -0.2) is 44.2 Å². The van der Waals surface area contributed by atoms with Gasteiger partial charge in [-0.1, -0.05) is 12.1 Å². The van der Waals surface area contributed by atoms with Crippen LogP contribution >= 0.6 is 35.3 Å². The van der Waals surface area contributed by atoms with E-state index in [2.05, 4.69) is 47.8 Å². The summed E-state index contributed by atoms with van der Waals surface area (Å²) in [5.74, 6) is 2.58. The zero-order valence-corrected chi connectivity index (χ0v) is 19.1. The Morgan fingerprint density at radius 3 is 2.78 bits per heavy atom. The van der Waals surface area contributed by atoms with Crippen LogP contribution in [0.3, 0.4) is 0 Å². The van der Waals surface area contributed by atoms with Gasteiger partial charge >= 0.3 is 0 Å². The molecule has 1 aliphatic rings. The lowest BCUT2D eigenvalue weighted by Crippen LogP contribution is -2.39. The van der Waals surface area contributed by atoms with Crippen molar-refractivity contribution in [2.45, 2.75) is 26.3 Å². The van der Waals surface area contributed by atoms with Gasteiger partial charge in [0, 0.05) is 31.4 Å². The molecule has 0 atom stereocenters. The molecule has 0 radical (unpaired) electrons. The van der Waals surface area contributed by atoms with E-state index in [1.54, 1.807) is 11.3 Å². The van der Waals surface area contributed by atoms with E-state index >= 15 is 0 Å². The van der Waals surface area contributed by atoms with E-state index in [1.807, 2.05) is 12.1 Å². The lowest BCUT2D eigenvalue weighted by molar-refractivity contribution is 0.297. The molecule has 0 saturated heterocycles. The molecular weight excluding hydrogens is 473 g/mol. The fourth-order valence-electron chi connectivity index (χ4n) is 2.78. The maximum absolute atomic E-state index is 5.77. The molecule has 1 aliphatic heterocycles. The minimum absolute atomic E-state index is 0. The summed E-state index contributed by atoms with van der Waals surface area (Å²) in [6.45, 7) is 5.91. The van der Waals surface area contributed by atoms with Gasteiger partial charge in [-0.25, -0.2) is 4.99 Å². The summed E-state index contributed by atoms with van der Waals surface area (Å²) in [5.41, 5.74) is 1.12. The number of thiophene rings is 1. The Morgan fingerprint density at radius 2 is 2.04 bits per heavy atom. The molecule has 2 aromatic rings. The second-order valence-electron chi connectivity index (χ2n) is 6.25. The Bertz CT molecular complexity index is 722. The van der Waals surface area contributed by atoms with Gasteiger partial charge in [0.2, 0.25) is 0 Å². The average molecular weight is 501 g/mol. The molecule has 0 fully saturated rings. The highest BCUT2D eigenvalue weighted by atomic mass is 127. The molecule has 2 heterocycles. The summed E-state index contributed by atoms with van der Waals surface area (Å²) in [6, 6.07) is 10.4. The van der Waals surface area contributed by atoms with E-state index < -0.39 is 0 Å².